The number of hydrogen-bond donors (Lipinski definition) is 0. The van der Waals surface area contributed by atoms with Crippen molar-refractivity contribution in [3.63, 3.8) is 0 Å². The zero-order chi connectivity index (χ0) is 16.6. The summed E-state index contributed by atoms with van der Waals surface area (Å²) >= 11 is 0. The van der Waals surface area contributed by atoms with Crippen LogP contribution in [-0.2, 0) is 0 Å². The van der Waals surface area contributed by atoms with Crippen LogP contribution >= 0.6 is 0 Å². The van der Waals surface area contributed by atoms with Gasteiger partial charge in [0.25, 0.3) is 0 Å². The van der Waals surface area contributed by atoms with E-state index in [1.165, 1.54) is 0 Å². The quantitative estimate of drug-likeness (QED) is 0.492. The van der Waals surface area contributed by atoms with Gasteiger partial charge in [0.05, 0.1) is 11.7 Å². The van der Waals surface area contributed by atoms with Gasteiger partial charge in [-0.1, -0.05) is 6.07 Å². The molecule has 5 aromatic rings. The first kappa shape index (κ1) is 13.8. The first-order valence-corrected chi connectivity index (χ1v) is 7.97. The molecule has 4 heterocycles. The molecule has 0 radical (unpaired) electrons. The Morgan fingerprint density at radius 3 is 2.56 bits per heavy atom. The second kappa shape index (κ2) is 5.49. The van der Waals surface area contributed by atoms with Gasteiger partial charge >= 0.3 is 0 Å². The van der Waals surface area contributed by atoms with Crippen LogP contribution in [0.15, 0.2) is 79.6 Å². The molecule has 0 N–H and O–H groups in total. The highest BCUT2D eigenvalue weighted by Crippen LogP contribution is 2.30. The molecule has 0 aliphatic carbocycles. The van der Waals surface area contributed by atoms with Crippen molar-refractivity contribution in [1.29, 1.82) is 0 Å². The van der Waals surface area contributed by atoms with Crippen LogP contribution in [0.4, 0.5) is 0 Å². The maximum absolute atomic E-state index is 4.50. The molecule has 0 saturated carbocycles. The topological polar surface area (TPSA) is 56.0 Å². The summed E-state index contributed by atoms with van der Waals surface area (Å²) in [5.74, 6) is 0. The smallest absolute Gasteiger partial charge is 0.154 e. The van der Waals surface area contributed by atoms with E-state index in [1.807, 2.05) is 48.9 Å². The third-order valence-electron chi connectivity index (χ3n) is 4.31. The van der Waals surface area contributed by atoms with Crippen LogP contribution in [0.5, 0.6) is 0 Å². The summed E-state index contributed by atoms with van der Waals surface area (Å²) in [4.78, 5) is 13.1. The van der Waals surface area contributed by atoms with E-state index < -0.39 is 0 Å². The van der Waals surface area contributed by atoms with Gasteiger partial charge in [0.2, 0.25) is 0 Å². The maximum Gasteiger partial charge on any atom is 0.154 e. The van der Waals surface area contributed by atoms with Gasteiger partial charge in [-0.05, 0) is 47.0 Å². The molecule has 5 heteroatoms. The third kappa shape index (κ3) is 2.33. The molecule has 5 rings (SSSR count). The molecule has 118 valence electrons. The summed E-state index contributed by atoms with van der Waals surface area (Å²) in [7, 11) is 0. The number of hydrogen-bond acceptors (Lipinski definition) is 4. The van der Waals surface area contributed by atoms with Crippen LogP contribution in [0.25, 0.3) is 38.8 Å². The summed E-state index contributed by atoms with van der Waals surface area (Å²) in [6.07, 6.45) is 11.1. The van der Waals surface area contributed by atoms with Gasteiger partial charge in [0.15, 0.2) is 5.65 Å². The van der Waals surface area contributed by atoms with Crippen molar-refractivity contribution in [2.45, 2.75) is 0 Å². The standard InChI is InChI=1S/C20H13N5/c1-2-19-18(17(5-9-22-19)14-3-7-21-8-4-14)11-15(1)16-12-23-20-6-10-24-25(20)13-16/h1-13H. The zero-order valence-electron chi connectivity index (χ0n) is 13.2. The Hall–Kier alpha value is -3.60. The summed E-state index contributed by atoms with van der Waals surface area (Å²) in [6.45, 7) is 0. The lowest BCUT2D eigenvalue weighted by molar-refractivity contribution is 0.941. The molecule has 0 aliphatic heterocycles. The number of fused-ring (bicyclic) bond motifs is 2. The molecular weight excluding hydrogens is 310 g/mol. The van der Waals surface area contributed by atoms with Gasteiger partial charge in [0, 0.05) is 48.0 Å². The normalized spacial score (nSPS) is 11.2. The molecule has 0 aliphatic rings. The number of rotatable bonds is 2. The number of pyridine rings is 2. The minimum Gasteiger partial charge on any atom is -0.265 e. The van der Waals surface area contributed by atoms with Crippen LogP contribution < -0.4 is 0 Å². The number of benzene rings is 1. The highest BCUT2D eigenvalue weighted by Gasteiger charge is 2.08. The van der Waals surface area contributed by atoms with Gasteiger partial charge < -0.3 is 0 Å². The summed E-state index contributed by atoms with van der Waals surface area (Å²) < 4.78 is 1.78. The second-order valence-corrected chi connectivity index (χ2v) is 5.80. The van der Waals surface area contributed by atoms with E-state index in [0.717, 1.165) is 38.8 Å². The van der Waals surface area contributed by atoms with E-state index in [0.29, 0.717) is 0 Å². The van der Waals surface area contributed by atoms with Gasteiger partial charge in [-0.3, -0.25) is 9.97 Å². The number of aromatic nitrogens is 5. The molecule has 0 amide bonds. The number of nitrogens with zero attached hydrogens (tertiary/aromatic N) is 5. The van der Waals surface area contributed by atoms with Gasteiger partial charge in [-0.25, -0.2) is 9.50 Å². The molecule has 0 fully saturated rings. The fourth-order valence-corrected chi connectivity index (χ4v) is 3.07. The van der Waals surface area contributed by atoms with Crippen molar-refractivity contribution >= 4 is 16.6 Å². The largest absolute Gasteiger partial charge is 0.265 e. The van der Waals surface area contributed by atoms with Crippen LogP contribution in [0.2, 0.25) is 0 Å². The minimum absolute atomic E-state index is 0.837. The molecule has 0 unspecified atom stereocenters. The molecule has 4 aromatic heterocycles. The fourth-order valence-electron chi connectivity index (χ4n) is 3.07. The Morgan fingerprint density at radius 2 is 1.64 bits per heavy atom. The monoisotopic (exact) mass is 323 g/mol. The summed E-state index contributed by atoms with van der Waals surface area (Å²) in [5.41, 5.74) is 6.17. The Morgan fingerprint density at radius 1 is 0.720 bits per heavy atom. The highest BCUT2D eigenvalue weighted by atomic mass is 15.2. The van der Waals surface area contributed by atoms with Gasteiger partial charge in [-0.2, -0.15) is 5.10 Å². The van der Waals surface area contributed by atoms with E-state index in [2.05, 4.69) is 32.2 Å². The SMILES string of the molecule is c1cc(-c2ccnc3ccc(-c4cnc5ccnn5c4)cc23)ccn1. The van der Waals surface area contributed by atoms with E-state index >= 15 is 0 Å². The molecule has 0 atom stereocenters. The van der Waals surface area contributed by atoms with Crippen molar-refractivity contribution in [1.82, 2.24) is 24.6 Å². The van der Waals surface area contributed by atoms with Gasteiger partial charge in [0.1, 0.15) is 0 Å². The minimum atomic E-state index is 0.837. The van der Waals surface area contributed by atoms with E-state index in [1.54, 1.807) is 23.1 Å². The van der Waals surface area contributed by atoms with Crippen LogP contribution in [-0.4, -0.2) is 24.6 Å². The summed E-state index contributed by atoms with van der Waals surface area (Å²) in [5, 5.41) is 5.37. The first-order valence-electron chi connectivity index (χ1n) is 7.97. The van der Waals surface area contributed by atoms with E-state index in [-0.39, 0.29) is 0 Å². The highest BCUT2D eigenvalue weighted by molar-refractivity contribution is 5.96. The van der Waals surface area contributed by atoms with Crippen LogP contribution in [0.1, 0.15) is 0 Å². The Kier molecular flexibility index (Phi) is 3.03. The van der Waals surface area contributed by atoms with Crippen molar-refractivity contribution in [2.24, 2.45) is 0 Å². The van der Waals surface area contributed by atoms with Crippen LogP contribution in [0, 0.1) is 0 Å². The molecule has 1 aromatic carbocycles. The predicted molar refractivity (Wildman–Crippen MR) is 97.0 cm³/mol. The molecular formula is C20H13N5. The van der Waals surface area contributed by atoms with Gasteiger partial charge in [-0.15, -0.1) is 0 Å². The third-order valence-corrected chi connectivity index (χ3v) is 4.31. The average molecular weight is 323 g/mol. The second-order valence-electron chi connectivity index (χ2n) is 5.80. The van der Waals surface area contributed by atoms with Crippen molar-refractivity contribution in [3.8, 4) is 22.3 Å². The Labute approximate surface area is 143 Å². The van der Waals surface area contributed by atoms with E-state index in [4.69, 9.17) is 0 Å². The average Bonchev–Trinajstić information content (AvgIpc) is 3.15. The molecule has 0 saturated heterocycles. The maximum atomic E-state index is 4.50. The molecule has 25 heavy (non-hydrogen) atoms. The lowest BCUT2D eigenvalue weighted by Crippen LogP contribution is -1.92. The fraction of sp³-hybridized carbons (Fsp3) is 0. The van der Waals surface area contributed by atoms with E-state index in [9.17, 15) is 0 Å². The summed E-state index contributed by atoms with van der Waals surface area (Å²) in [6, 6.07) is 14.2. The lowest BCUT2D eigenvalue weighted by Gasteiger charge is -2.09. The first-order chi connectivity index (χ1) is 12.4. The van der Waals surface area contributed by atoms with Crippen molar-refractivity contribution in [2.75, 3.05) is 0 Å². The molecule has 0 spiro atoms. The Bertz CT molecular complexity index is 1190. The predicted octanol–water partition coefficient (Wildman–Crippen LogP) is 4.01. The lowest BCUT2D eigenvalue weighted by atomic mass is 9.99. The molecule has 5 nitrogen and oxygen atoms in total. The zero-order valence-corrected chi connectivity index (χ0v) is 13.2. The van der Waals surface area contributed by atoms with Crippen molar-refractivity contribution < 1.29 is 0 Å². The van der Waals surface area contributed by atoms with Crippen molar-refractivity contribution in [3.05, 3.63) is 79.6 Å². The molecule has 0 bridgehead atoms. The van der Waals surface area contributed by atoms with Crippen LogP contribution in [0.3, 0.4) is 0 Å². The Balaban J connectivity index is 1.72.